The molecule has 4 nitrogen and oxygen atoms in total. The number of carbonyl (C=O) groups excluding carboxylic acids is 1. The molecular formula is C15H15ClF3NO3. The maximum atomic E-state index is 12.8. The van der Waals surface area contributed by atoms with Crippen LogP contribution in [0.4, 0.5) is 13.2 Å². The number of rotatable bonds is 6. The minimum atomic E-state index is -4.96. The lowest BCUT2D eigenvalue weighted by Gasteiger charge is -2.14. The minimum Gasteiger partial charge on any atom is -0.356 e. The van der Waals surface area contributed by atoms with Gasteiger partial charge in [-0.25, -0.2) is 0 Å². The normalized spacial score (nSPS) is 12.3. The Bertz CT molecular complexity index is 708. The summed E-state index contributed by atoms with van der Waals surface area (Å²) in [6.07, 6.45) is -3.87. The van der Waals surface area contributed by atoms with Crippen LogP contribution in [0.3, 0.4) is 0 Å². The van der Waals surface area contributed by atoms with Crippen LogP contribution in [0.15, 0.2) is 24.4 Å². The molecule has 23 heavy (non-hydrogen) atoms. The van der Waals surface area contributed by atoms with Crippen molar-refractivity contribution in [1.82, 2.24) is 4.57 Å². The summed E-state index contributed by atoms with van der Waals surface area (Å²) in [5.74, 6) is -1.91. The molecule has 0 aliphatic rings. The zero-order valence-electron chi connectivity index (χ0n) is 12.5. The highest BCUT2D eigenvalue weighted by atomic mass is 35.5. The number of halogens is 4. The van der Waals surface area contributed by atoms with Gasteiger partial charge in [0.25, 0.3) is 5.78 Å². The maximum absolute atomic E-state index is 12.8. The van der Waals surface area contributed by atoms with Crippen LogP contribution in [-0.2, 0) is 16.0 Å². The molecule has 0 bridgehead atoms. The molecule has 0 saturated carbocycles. The number of Topliss-reactive ketones (excluding diaryl/α,β-unsaturated/α-hetero) is 1. The fourth-order valence-corrected chi connectivity index (χ4v) is 2.67. The molecule has 0 aliphatic heterocycles. The summed E-state index contributed by atoms with van der Waals surface area (Å²) in [6, 6.07) is 4.69. The lowest BCUT2D eigenvalue weighted by molar-refractivity contribution is -0.107. The minimum absolute atomic E-state index is 0.0999. The third-order valence-corrected chi connectivity index (χ3v) is 3.80. The summed E-state index contributed by atoms with van der Waals surface area (Å²) in [5.41, 5.74) is 0.000500. The van der Waals surface area contributed by atoms with Crippen molar-refractivity contribution in [3.8, 4) is 0 Å². The Morgan fingerprint density at radius 2 is 1.96 bits per heavy atom. The second-order valence-electron chi connectivity index (χ2n) is 4.89. The van der Waals surface area contributed by atoms with Crippen molar-refractivity contribution in [2.24, 2.45) is 0 Å². The number of aromatic nitrogens is 1. The topological polar surface area (TPSA) is 40.5 Å². The lowest BCUT2D eigenvalue weighted by atomic mass is 10.1. The molecule has 2 aromatic rings. The maximum Gasteiger partial charge on any atom is 0.454 e. The molecule has 2 rings (SSSR count). The van der Waals surface area contributed by atoms with E-state index in [0.29, 0.717) is 18.5 Å². The number of benzene rings is 1. The van der Waals surface area contributed by atoms with E-state index in [-0.39, 0.29) is 10.4 Å². The number of fused-ring (bicyclic) bond motifs is 1. The fourth-order valence-electron chi connectivity index (χ4n) is 2.39. The van der Waals surface area contributed by atoms with Gasteiger partial charge in [0.05, 0.1) is 16.1 Å². The highest BCUT2D eigenvalue weighted by Crippen LogP contribution is 2.33. The summed E-state index contributed by atoms with van der Waals surface area (Å²) in [5, 5.41) is 0.201. The van der Waals surface area contributed by atoms with Crippen molar-refractivity contribution < 1.29 is 27.4 Å². The van der Waals surface area contributed by atoms with Crippen LogP contribution in [-0.4, -0.2) is 37.0 Å². The molecule has 1 aromatic heterocycles. The van der Waals surface area contributed by atoms with E-state index in [0.717, 1.165) is 0 Å². The first kappa shape index (κ1) is 17.8. The second kappa shape index (κ2) is 6.90. The van der Waals surface area contributed by atoms with Gasteiger partial charge in [0, 0.05) is 38.8 Å². The van der Waals surface area contributed by atoms with E-state index in [1.54, 1.807) is 16.7 Å². The Hall–Kier alpha value is -1.57. The van der Waals surface area contributed by atoms with E-state index in [4.69, 9.17) is 21.1 Å². The van der Waals surface area contributed by atoms with Crippen molar-refractivity contribution >= 4 is 28.3 Å². The van der Waals surface area contributed by atoms with Crippen molar-refractivity contribution in [3.05, 3.63) is 35.0 Å². The molecule has 8 heteroatoms. The zero-order valence-corrected chi connectivity index (χ0v) is 13.2. The average Bonchev–Trinajstić information content (AvgIpc) is 2.87. The molecule has 1 aromatic carbocycles. The van der Waals surface area contributed by atoms with E-state index in [9.17, 15) is 18.0 Å². The van der Waals surface area contributed by atoms with Crippen LogP contribution in [0.2, 0.25) is 5.02 Å². The molecule has 0 spiro atoms. The average molecular weight is 350 g/mol. The van der Waals surface area contributed by atoms with Crippen molar-refractivity contribution in [3.63, 3.8) is 0 Å². The predicted octanol–water partition coefficient (Wildman–Crippen LogP) is 4.05. The number of ketones is 1. The number of nitrogens with zero attached hydrogens (tertiary/aromatic N) is 1. The van der Waals surface area contributed by atoms with Crippen molar-refractivity contribution in [2.45, 2.75) is 25.4 Å². The molecule has 0 atom stereocenters. The molecule has 0 unspecified atom stereocenters. The monoisotopic (exact) mass is 349 g/mol. The van der Waals surface area contributed by atoms with Gasteiger partial charge in [-0.2, -0.15) is 13.2 Å². The predicted molar refractivity (Wildman–Crippen MR) is 79.8 cm³/mol. The SMILES string of the molecule is COC(CCn1cc(C(=O)C(F)(F)F)c2c(Cl)cccc21)OC. The molecule has 0 fully saturated rings. The smallest absolute Gasteiger partial charge is 0.356 e. The number of ether oxygens (including phenoxy) is 2. The van der Waals surface area contributed by atoms with Gasteiger partial charge < -0.3 is 14.0 Å². The van der Waals surface area contributed by atoms with Crippen LogP contribution in [0.5, 0.6) is 0 Å². The fraction of sp³-hybridized carbons (Fsp3) is 0.400. The van der Waals surface area contributed by atoms with E-state index in [1.807, 2.05) is 0 Å². The third kappa shape index (κ3) is 3.68. The number of alkyl halides is 3. The van der Waals surface area contributed by atoms with Gasteiger partial charge in [0.15, 0.2) is 6.29 Å². The summed E-state index contributed by atoms with van der Waals surface area (Å²) in [6.45, 7) is 0.314. The van der Waals surface area contributed by atoms with Crippen molar-refractivity contribution in [1.29, 1.82) is 0 Å². The van der Waals surface area contributed by atoms with Gasteiger partial charge in [0.2, 0.25) is 0 Å². The number of carbonyl (C=O) groups is 1. The van der Waals surface area contributed by atoms with Crippen LogP contribution in [0.25, 0.3) is 10.9 Å². The first-order chi connectivity index (χ1) is 10.8. The van der Waals surface area contributed by atoms with Gasteiger partial charge >= 0.3 is 6.18 Å². The molecular weight excluding hydrogens is 335 g/mol. The van der Waals surface area contributed by atoms with E-state index < -0.39 is 23.8 Å². The largest absolute Gasteiger partial charge is 0.454 e. The van der Waals surface area contributed by atoms with Gasteiger partial charge in [-0.05, 0) is 12.1 Å². The molecule has 0 amide bonds. The number of hydrogen-bond acceptors (Lipinski definition) is 3. The lowest BCUT2D eigenvalue weighted by Crippen LogP contribution is -2.22. The van der Waals surface area contributed by atoms with Crippen LogP contribution in [0, 0.1) is 0 Å². The summed E-state index contributed by atoms with van der Waals surface area (Å²) >= 11 is 6.00. The Morgan fingerprint density at radius 3 is 2.52 bits per heavy atom. The summed E-state index contributed by atoms with van der Waals surface area (Å²) < 4.78 is 50.0. The number of methoxy groups -OCH3 is 2. The summed E-state index contributed by atoms with van der Waals surface area (Å²) in [4.78, 5) is 11.6. The van der Waals surface area contributed by atoms with Gasteiger partial charge in [-0.3, -0.25) is 4.79 Å². The van der Waals surface area contributed by atoms with Gasteiger partial charge in [-0.1, -0.05) is 17.7 Å². The van der Waals surface area contributed by atoms with E-state index in [2.05, 4.69) is 0 Å². The molecule has 0 radical (unpaired) electrons. The standard InChI is InChI=1S/C15H15ClF3NO3/c1-22-12(23-2)6-7-20-8-9(14(21)15(17,18)19)13-10(16)4-3-5-11(13)20/h3-5,8,12H,6-7H2,1-2H3. The molecule has 1 heterocycles. The Morgan fingerprint density at radius 1 is 1.30 bits per heavy atom. The highest BCUT2D eigenvalue weighted by Gasteiger charge is 2.41. The number of aryl methyl sites for hydroxylation is 1. The van der Waals surface area contributed by atoms with Gasteiger partial charge in [-0.15, -0.1) is 0 Å². The van der Waals surface area contributed by atoms with Crippen LogP contribution >= 0.6 is 11.6 Å². The Kier molecular flexibility index (Phi) is 5.33. The van der Waals surface area contributed by atoms with Crippen LogP contribution in [0.1, 0.15) is 16.8 Å². The Labute approximate surface area is 135 Å². The highest BCUT2D eigenvalue weighted by molar-refractivity contribution is 6.37. The second-order valence-corrected chi connectivity index (χ2v) is 5.29. The first-order valence-corrected chi connectivity index (χ1v) is 7.11. The summed E-state index contributed by atoms with van der Waals surface area (Å²) in [7, 11) is 2.94. The Balaban J connectivity index is 2.47. The number of hydrogen-bond donors (Lipinski definition) is 0. The quantitative estimate of drug-likeness (QED) is 0.583. The van der Waals surface area contributed by atoms with Gasteiger partial charge in [0.1, 0.15) is 0 Å². The van der Waals surface area contributed by atoms with E-state index >= 15 is 0 Å². The molecule has 126 valence electrons. The van der Waals surface area contributed by atoms with E-state index in [1.165, 1.54) is 26.5 Å². The molecule has 0 saturated heterocycles. The van der Waals surface area contributed by atoms with Crippen LogP contribution < -0.4 is 0 Å². The third-order valence-electron chi connectivity index (χ3n) is 3.49. The molecule has 0 aliphatic carbocycles. The molecule has 0 N–H and O–H groups in total. The van der Waals surface area contributed by atoms with Crippen molar-refractivity contribution in [2.75, 3.05) is 14.2 Å². The zero-order chi connectivity index (χ0) is 17.2. The first-order valence-electron chi connectivity index (χ1n) is 6.74.